The summed E-state index contributed by atoms with van der Waals surface area (Å²) in [7, 11) is 0. The molecular formula is C10H14BrNO. The van der Waals surface area contributed by atoms with Crippen LogP contribution in [0.3, 0.4) is 0 Å². The van der Waals surface area contributed by atoms with Gasteiger partial charge >= 0.3 is 0 Å². The van der Waals surface area contributed by atoms with Gasteiger partial charge in [-0.3, -0.25) is 0 Å². The average Bonchev–Trinajstić information content (AvgIpc) is 2.72. The van der Waals surface area contributed by atoms with Gasteiger partial charge in [-0.2, -0.15) is 0 Å². The quantitative estimate of drug-likeness (QED) is 0.867. The summed E-state index contributed by atoms with van der Waals surface area (Å²) in [5.41, 5.74) is 6.12. The first-order valence-electron chi connectivity index (χ1n) is 4.77. The Labute approximate surface area is 86.6 Å². The Kier molecular flexibility index (Phi) is 2.74. The van der Waals surface area contributed by atoms with Gasteiger partial charge < -0.3 is 10.2 Å². The molecule has 1 aliphatic carbocycles. The summed E-state index contributed by atoms with van der Waals surface area (Å²) < 4.78 is 6.37. The van der Waals surface area contributed by atoms with E-state index in [0.717, 1.165) is 10.2 Å². The molecule has 1 aliphatic rings. The third-order valence-corrected chi connectivity index (χ3v) is 3.51. The number of furan rings is 1. The third kappa shape index (κ3) is 1.81. The van der Waals surface area contributed by atoms with E-state index in [1.165, 1.54) is 25.7 Å². The van der Waals surface area contributed by atoms with Gasteiger partial charge in [-0.15, -0.1) is 0 Å². The molecule has 1 aromatic rings. The van der Waals surface area contributed by atoms with E-state index in [4.69, 9.17) is 10.2 Å². The van der Waals surface area contributed by atoms with E-state index >= 15 is 0 Å². The molecule has 13 heavy (non-hydrogen) atoms. The molecule has 2 rings (SSSR count). The molecule has 1 fully saturated rings. The van der Waals surface area contributed by atoms with Crippen LogP contribution in [-0.4, -0.2) is 0 Å². The molecule has 0 bridgehead atoms. The number of hydrogen-bond acceptors (Lipinski definition) is 2. The SMILES string of the molecule is NC(c1occc1Br)C1CCCC1. The summed E-state index contributed by atoms with van der Waals surface area (Å²) in [5.74, 6) is 1.52. The second kappa shape index (κ2) is 3.84. The predicted octanol–water partition coefficient (Wildman–Crippen LogP) is 3.23. The Morgan fingerprint density at radius 3 is 2.69 bits per heavy atom. The standard InChI is InChI=1S/C10H14BrNO/c11-8-5-6-13-10(8)9(12)7-3-1-2-4-7/h5-7,9H,1-4,12H2. The van der Waals surface area contributed by atoms with Gasteiger partial charge in [-0.25, -0.2) is 0 Å². The molecule has 1 saturated carbocycles. The van der Waals surface area contributed by atoms with E-state index in [-0.39, 0.29) is 6.04 Å². The van der Waals surface area contributed by atoms with Crippen LogP contribution in [0.2, 0.25) is 0 Å². The molecule has 3 heteroatoms. The highest BCUT2D eigenvalue weighted by Crippen LogP contribution is 2.36. The lowest BCUT2D eigenvalue weighted by Gasteiger charge is -2.16. The van der Waals surface area contributed by atoms with Crippen LogP contribution in [0.1, 0.15) is 37.5 Å². The van der Waals surface area contributed by atoms with Crippen LogP contribution in [0.4, 0.5) is 0 Å². The molecule has 0 saturated heterocycles. The zero-order valence-corrected chi connectivity index (χ0v) is 9.09. The summed E-state index contributed by atoms with van der Waals surface area (Å²) in [6, 6.07) is 1.98. The molecule has 0 aliphatic heterocycles. The van der Waals surface area contributed by atoms with Crippen molar-refractivity contribution >= 4 is 15.9 Å². The molecule has 0 radical (unpaired) electrons. The highest BCUT2D eigenvalue weighted by molar-refractivity contribution is 9.10. The van der Waals surface area contributed by atoms with Crippen molar-refractivity contribution < 1.29 is 4.42 Å². The van der Waals surface area contributed by atoms with Gasteiger partial charge in [0, 0.05) is 0 Å². The lowest BCUT2D eigenvalue weighted by molar-refractivity contribution is 0.367. The normalized spacial score (nSPS) is 20.8. The largest absolute Gasteiger partial charge is 0.466 e. The van der Waals surface area contributed by atoms with Gasteiger partial charge in [-0.1, -0.05) is 12.8 Å². The maximum absolute atomic E-state index is 6.12. The van der Waals surface area contributed by atoms with Crippen molar-refractivity contribution in [3.63, 3.8) is 0 Å². The van der Waals surface area contributed by atoms with E-state index in [1.807, 2.05) is 6.07 Å². The molecule has 1 atom stereocenters. The van der Waals surface area contributed by atoms with E-state index < -0.39 is 0 Å². The van der Waals surface area contributed by atoms with Gasteiger partial charge in [0.1, 0.15) is 5.76 Å². The molecule has 1 unspecified atom stereocenters. The summed E-state index contributed by atoms with van der Waals surface area (Å²) in [4.78, 5) is 0. The Hall–Kier alpha value is -0.280. The minimum absolute atomic E-state index is 0.0758. The second-order valence-corrected chi connectivity index (χ2v) is 4.56. The Morgan fingerprint density at radius 2 is 2.15 bits per heavy atom. The summed E-state index contributed by atoms with van der Waals surface area (Å²) in [6.45, 7) is 0. The molecule has 72 valence electrons. The maximum atomic E-state index is 6.12. The van der Waals surface area contributed by atoms with E-state index in [1.54, 1.807) is 6.26 Å². The first-order chi connectivity index (χ1) is 6.29. The Morgan fingerprint density at radius 1 is 1.46 bits per heavy atom. The summed E-state index contributed by atoms with van der Waals surface area (Å²) in [5, 5.41) is 0. The lowest BCUT2D eigenvalue weighted by atomic mass is 9.97. The van der Waals surface area contributed by atoms with E-state index in [0.29, 0.717) is 5.92 Å². The van der Waals surface area contributed by atoms with Gasteiger partial charge in [0.25, 0.3) is 0 Å². The number of halogens is 1. The maximum Gasteiger partial charge on any atom is 0.134 e. The van der Waals surface area contributed by atoms with E-state index in [9.17, 15) is 0 Å². The molecule has 2 N–H and O–H groups in total. The van der Waals surface area contributed by atoms with Crippen LogP contribution in [0.15, 0.2) is 21.2 Å². The fraction of sp³-hybridized carbons (Fsp3) is 0.600. The lowest BCUT2D eigenvalue weighted by Crippen LogP contribution is -2.18. The minimum atomic E-state index is 0.0758. The van der Waals surface area contributed by atoms with Gasteiger partial charge in [0.05, 0.1) is 16.8 Å². The monoisotopic (exact) mass is 243 g/mol. The van der Waals surface area contributed by atoms with Crippen molar-refractivity contribution in [1.82, 2.24) is 0 Å². The van der Waals surface area contributed by atoms with Crippen molar-refractivity contribution in [3.8, 4) is 0 Å². The first-order valence-corrected chi connectivity index (χ1v) is 5.57. The molecule has 0 aromatic carbocycles. The van der Waals surface area contributed by atoms with Gasteiger partial charge in [0.15, 0.2) is 0 Å². The Bertz CT molecular complexity index is 278. The molecule has 1 aromatic heterocycles. The smallest absolute Gasteiger partial charge is 0.134 e. The first kappa shape index (κ1) is 9.28. The average molecular weight is 244 g/mol. The molecular weight excluding hydrogens is 230 g/mol. The van der Waals surface area contributed by atoms with Crippen molar-refractivity contribution in [3.05, 3.63) is 22.6 Å². The van der Waals surface area contributed by atoms with Crippen LogP contribution in [0.5, 0.6) is 0 Å². The molecule has 0 spiro atoms. The van der Waals surface area contributed by atoms with Gasteiger partial charge in [-0.05, 0) is 40.8 Å². The zero-order valence-electron chi connectivity index (χ0n) is 7.50. The number of rotatable bonds is 2. The van der Waals surface area contributed by atoms with Crippen molar-refractivity contribution in [2.45, 2.75) is 31.7 Å². The van der Waals surface area contributed by atoms with Crippen LogP contribution < -0.4 is 5.73 Å². The van der Waals surface area contributed by atoms with Crippen molar-refractivity contribution in [2.24, 2.45) is 11.7 Å². The second-order valence-electron chi connectivity index (χ2n) is 3.70. The number of hydrogen-bond donors (Lipinski definition) is 1. The highest BCUT2D eigenvalue weighted by Gasteiger charge is 2.26. The third-order valence-electron chi connectivity index (χ3n) is 2.86. The topological polar surface area (TPSA) is 39.2 Å². The van der Waals surface area contributed by atoms with Crippen LogP contribution in [0, 0.1) is 5.92 Å². The molecule has 2 nitrogen and oxygen atoms in total. The predicted molar refractivity (Wildman–Crippen MR) is 55.3 cm³/mol. The van der Waals surface area contributed by atoms with Crippen LogP contribution in [0.25, 0.3) is 0 Å². The van der Waals surface area contributed by atoms with E-state index in [2.05, 4.69) is 15.9 Å². The zero-order chi connectivity index (χ0) is 9.26. The van der Waals surface area contributed by atoms with Gasteiger partial charge in [0.2, 0.25) is 0 Å². The molecule has 1 heterocycles. The molecule has 0 amide bonds. The number of nitrogens with two attached hydrogens (primary N) is 1. The van der Waals surface area contributed by atoms with Crippen molar-refractivity contribution in [2.75, 3.05) is 0 Å². The fourth-order valence-electron chi connectivity index (χ4n) is 2.07. The minimum Gasteiger partial charge on any atom is -0.466 e. The summed E-state index contributed by atoms with van der Waals surface area (Å²) >= 11 is 3.44. The Balaban J connectivity index is 2.12. The fourth-order valence-corrected chi connectivity index (χ4v) is 2.54. The van der Waals surface area contributed by atoms with Crippen LogP contribution in [-0.2, 0) is 0 Å². The van der Waals surface area contributed by atoms with Crippen molar-refractivity contribution in [1.29, 1.82) is 0 Å². The summed E-state index contributed by atoms with van der Waals surface area (Å²) in [6.07, 6.45) is 6.81. The highest BCUT2D eigenvalue weighted by atomic mass is 79.9. The van der Waals surface area contributed by atoms with Crippen LogP contribution >= 0.6 is 15.9 Å².